The van der Waals surface area contributed by atoms with E-state index in [4.69, 9.17) is 14.5 Å². The van der Waals surface area contributed by atoms with Gasteiger partial charge in [-0.05, 0) is 41.5 Å². The lowest BCUT2D eigenvalue weighted by Gasteiger charge is -2.20. The van der Waals surface area contributed by atoms with Crippen molar-refractivity contribution in [2.75, 3.05) is 36.7 Å². The number of carbonyl (C=O) groups is 2. The summed E-state index contributed by atoms with van der Waals surface area (Å²) in [5.41, 5.74) is 3.84. The number of carbonyl (C=O) groups excluding carboxylic acids is 1. The number of para-hydroxylation sites is 3. The number of rotatable bonds is 13. The first kappa shape index (κ1) is 31.4. The van der Waals surface area contributed by atoms with E-state index < -0.39 is 18.0 Å². The van der Waals surface area contributed by atoms with Crippen LogP contribution in [0.15, 0.2) is 103 Å². The number of benzene rings is 4. The quantitative estimate of drug-likeness (QED) is 0.104. The molecule has 46 heavy (non-hydrogen) atoms. The Bertz CT molecular complexity index is 1790. The molecule has 1 atom stereocenters. The van der Waals surface area contributed by atoms with Crippen LogP contribution < -0.4 is 30.7 Å². The Kier molecular flexibility index (Phi) is 10.3. The number of methoxy groups -OCH3 is 2. The fourth-order valence-corrected chi connectivity index (χ4v) is 4.70. The highest BCUT2D eigenvalue weighted by molar-refractivity contribution is 5.99. The molecule has 12 nitrogen and oxygen atoms in total. The van der Waals surface area contributed by atoms with Gasteiger partial charge in [0.2, 0.25) is 11.9 Å². The molecule has 0 saturated carbocycles. The predicted octanol–water partition coefficient (Wildman–Crippen LogP) is 6.10. The third-order valence-electron chi connectivity index (χ3n) is 6.89. The lowest BCUT2D eigenvalue weighted by Crippen LogP contribution is -2.28. The molecule has 0 radical (unpaired) electrons. The van der Waals surface area contributed by atoms with Crippen molar-refractivity contribution in [1.82, 2.24) is 20.3 Å². The van der Waals surface area contributed by atoms with Crippen molar-refractivity contribution in [3.63, 3.8) is 0 Å². The van der Waals surface area contributed by atoms with Crippen molar-refractivity contribution in [3.05, 3.63) is 115 Å². The minimum absolute atomic E-state index is 0.0318. The monoisotopic (exact) mass is 619 g/mol. The van der Waals surface area contributed by atoms with E-state index in [1.807, 2.05) is 66.7 Å². The Morgan fingerprint density at radius 2 is 1.41 bits per heavy atom. The number of nitrogens with zero attached hydrogens (tertiary/aromatic N) is 3. The standard InChI is InChI=1S/C34H33N7O5/c1-45-24-18-16-23(17-19-24)30(35-21-20-29(42)43)31-38-32(36-26-13-7-6-12-25(26)22-10-4-3-5-11-22)40-33(39-31)41-34(44)37-27-14-8-9-15-28(27)46-2/h3-19,30,35H,20-21H2,1-2H3,(H,42,43)(H3,36,37,38,39,40,41,44). The Morgan fingerprint density at radius 1 is 0.739 bits per heavy atom. The zero-order chi connectivity index (χ0) is 32.3. The van der Waals surface area contributed by atoms with Crippen molar-refractivity contribution in [3.8, 4) is 22.6 Å². The fourth-order valence-electron chi connectivity index (χ4n) is 4.70. The van der Waals surface area contributed by atoms with Crippen LogP contribution in [-0.2, 0) is 4.79 Å². The molecule has 2 amide bonds. The average molecular weight is 620 g/mol. The Morgan fingerprint density at radius 3 is 2.13 bits per heavy atom. The van der Waals surface area contributed by atoms with E-state index in [2.05, 4.69) is 31.2 Å². The van der Waals surface area contributed by atoms with Crippen LogP contribution in [0.5, 0.6) is 11.5 Å². The molecule has 12 heteroatoms. The number of ether oxygens (including phenoxy) is 2. The number of amides is 2. The van der Waals surface area contributed by atoms with Crippen molar-refractivity contribution in [1.29, 1.82) is 0 Å². The second-order valence-corrected chi connectivity index (χ2v) is 9.96. The number of anilines is 4. The summed E-state index contributed by atoms with van der Waals surface area (Å²) in [6.45, 7) is 0.133. The molecule has 0 saturated heterocycles. The summed E-state index contributed by atoms with van der Waals surface area (Å²) in [5.74, 6) is 0.565. The van der Waals surface area contributed by atoms with E-state index in [-0.39, 0.29) is 30.7 Å². The summed E-state index contributed by atoms with van der Waals surface area (Å²) in [5, 5.41) is 21.3. The second-order valence-electron chi connectivity index (χ2n) is 9.96. The zero-order valence-electron chi connectivity index (χ0n) is 25.2. The smallest absolute Gasteiger partial charge is 0.326 e. The van der Waals surface area contributed by atoms with Gasteiger partial charge in [-0.25, -0.2) is 4.79 Å². The lowest BCUT2D eigenvalue weighted by molar-refractivity contribution is -0.136. The summed E-state index contributed by atoms with van der Waals surface area (Å²) in [6, 6.07) is 30.6. The highest BCUT2D eigenvalue weighted by atomic mass is 16.5. The van der Waals surface area contributed by atoms with Crippen LogP contribution >= 0.6 is 0 Å². The molecule has 0 aliphatic rings. The van der Waals surface area contributed by atoms with Gasteiger partial charge in [-0.2, -0.15) is 15.0 Å². The number of hydrogen-bond donors (Lipinski definition) is 5. The molecule has 0 fully saturated rings. The number of hydrogen-bond acceptors (Lipinski definition) is 9. The second kappa shape index (κ2) is 15.1. The maximum Gasteiger partial charge on any atom is 0.326 e. The Labute approximate surface area is 265 Å². The van der Waals surface area contributed by atoms with Gasteiger partial charge in [0, 0.05) is 17.8 Å². The SMILES string of the molecule is COc1ccc(C(NCCC(=O)O)c2nc(NC(=O)Nc3ccccc3OC)nc(Nc3ccccc3-c3ccccc3)n2)cc1. The molecule has 5 aromatic rings. The minimum Gasteiger partial charge on any atom is -0.497 e. The molecular weight excluding hydrogens is 586 g/mol. The lowest BCUT2D eigenvalue weighted by atomic mass is 10.0. The molecule has 0 spiro atoms. The topological polar surface area (TPSA) is 160 Å². The first-order valence-electron chi connectivity index (χ1n) is 14.4. The van der Waals surface area contributed by atoms with Crippen LogP contribution in [0.25, 0.3) is 11.1 Å². The molecule has 234 valence electrons. The average Bonchev–Trinajstić information content (AvgIpc) is 3.07. The van der Waals surface area contributed by atoms with Crippen LogP contribution in [0.3, 0.4) is 0 Å². The van der Waals surface area contributed by atoms with Crippen molar-refractivity contribution in [2.45, 2.75) is 12.5 Å². The van der Waals surface area contributed by atoms with Crippen LogP contribution in [0.1, 0.15) is 23.9 Å². The highest BCUT2D eigenvalue weighted by Crippen LogP contribution is 2.30. The third kappa shape index (κ3) is 8.12. The molecule has 0 bridgehead atoms. The van der Waals surface area contributed by atoms with Gasteiger partial charge in [0.15, 0.2) is 5.82 Å². The molecule has 1 aromatic heterocycles. The number of carboxylic acids is 1. The highest BCUT2D eigenvalue weighted by Gasteiger charge is 2.21. The maximum atomic E-state index is 13.1. The third-order valence-corrected chi connectivity index (χ3v) is 6.89. The van der Waals surface area contributed by atoms with E-state index in [0.29, 0.717) is 17.2 Å². The summed E-state index contributed by atoms with van der Waals surface area (Å²) in [4.78, 5) is 38.3. The van der Waals surface area contributed by atoms with Gasteiger partial charge in [0.05, 0.1) is 32.4 Å². The van der Waals surface area contributed by atoms with Crippen LogP contribution in [0, 0.1) is 0 Å². The number of nitrogens with one attached hydrogen (secondary N) is 4. The normalized spacial score (nSPS) is 11.3. The van der Waals surface area contributed by atoms with Gasteiger partial charge in [0.1, 0.15) is 11.5 Å². The van der Waals surface area contributed by atoms with Crippen molar-refractivity contribution >= 4 is 35.3 Å². The van der Waals surface area contributed by atoms with Crippen molar-refractivity contribution < 1.29 is 24.2 Å². The van der Waals surface area contributed by atoms with Gasteiger partial charge in [-0.15, -0.1) is 0 Å². The largest absolute Gasteiger partial charge is 0.497 e. The van der Waals surface area contributed by atoms with E-state index in [1.165, 1.54) is 7.11 Å². The summed E-state index contributed by atoms with van der Waals surface area (Å²) < 4.78 is 10.7. The molecule has 1 unspecified atom stereocenters. The van der Waals surface area contributed by atoms with E-state index in [9.17, 15) is 14.7 Å². The van der Waals surface area contributed by atoms with Crippen LogP contribution in [0.2, 0.25) is 0 Å². The maximum absolute atomic E-state index is 13.1. The fraction of sp³-hybridized carbons (Fsp3) is 0.147. The molecule has 0 aliphatic carbocycles. The van der Waals surface area contributed by atoms with E-state index in [0.717, 1.165) is 22.4 Å². The summed E-state index contributed by atoms with van der Waals surface area (Å²) in [7, 11) is 3.08. The summed E-state index contributed by atoms with van der Waals surface area (Å²) >= 11 is 0. The van der Waals surface area contributed by atoms with Crippen LogP contribution in [-0.4, -0.2) is 52.8 Å². The minimum atomic E-state index is -0.952. The number of carboxylic acid groups (broad SMARTS) is 1. The Hall–Kier alpha value is -6.01. The molecular formula is C34H33N7O5. The van der Waals surface area contributed by atoms with Gasteiger partial charge in [-0.1, -0.05) is 72.8 Å². The number of aromatic nitrogens is 3. The molecule has 1 heterocycles. The molecule has 5 N–H and O–H groups in total. The Balaban J connectivity index is 1.54. The van der Waals surface area contributed by atoms with E-state index >= 15 is 0 Å². The molecule has 0 aliphatic heterocycles. The van der Waals surface area contributed by atoms with Gasteiger partial charge in [0.25, 0.3) is 0 Å². The van der Waals surface area contributed by atoms with Crippen LogP contribution in [0.4, 0.5) is 28.1 Å². The van der Waals surface area contributed by atoms with Crippen molar-refractivity contribution in [2.24, 2.45) is 0 Å². The first-order chi connectivity index (χ1) is 22.4. The van der Waals surface area contributed by atoms with E-state index in [1.54, 1.807) is 43.5 Å². The zero-order valence-corrected chi connectivity index (χ0v) is 25.2. The number of urea groups is 1. The summed E-state index contributed by atoms with van der Waals surface area (Å²) in [6.07, 6.45) is -0.125. The first-order valence-corrected chi connectivity index (χ1v) is 14.4. The molecule has 5 rings (SSSR count). The number of aliphatic carboxylic acids is 1. The molecule has 4 aromatic carbocycles. The van der Waals surface area contributed by atoms with Gasteiger partial charge >= 0.3 is 12.0 Å². The van der Waals surface area contributed by atoms with Gasteiger partial charge in [-0.3, -0.25) is 10.1 Å². The predicted molar refractivity (Wildman–Crippen MR) is 176 cm³/mol. The van der Waals surface area contributed by atoms with Gasteiger partial charge < -0.3 is 30.5 Å².